The van der Waals surface area contributed by atoms with Crippen LogP contribution in [0.15, 0.2) is 29.3 Å². The second-order valence-corrected chi connectivity index (χ2v) is 4.40. The van der Waals surface area contributed by atoms with E-state index in [9.17, 15) is 5.11 Å². The molecular formula is C12H15N3O. The van der Waals surface area contributed by atoms with E-state index in [2.05, 4.69) is 15.6 Å². The molecule has 4 heteroatoms. The highest BCUT2D eigenvalue weighted by Crippen LogP contribution is 2.15. The Morgan fingerprint density at radius 2 is 2.06 bits per heavy atom. The van der Waals surface area contributed by atoms with E-state index in [4.69, 9.17) is 0 Å². The molecule has 0 aliphatic carbocycles. The Labute approximate surface area is 94.4 Å². The quantitative estimate of drug-likeness (QED) is 0.667. The summed E-state index contributed by atoms with van der Waals surface area (Å²) in [5.41, 5.74) is 1.18. The fourth-order valence-electron chi connectivity index (χ4n) is 2.30. The maximum absolute atomic E-state index is 9.19. The lowest BCUT2D eigenvalue weighted by atomic mass is 10.1. The summed E-state index contributed by atoms with van der Waals surface area (Å²) in [5, 5.41) is 15.9. The van der Waals surface area contributed by atoms with Crippen LogP contribution in [-0.4, -0.2) is 36.1 Å². The Hall–Kier alpha value is -1.55. The summed E-state index contributed by atoms with van der Waals surface area (Å²) in [6.07, 6.45) is 0.827. The van der Waals surface area contributed by atoms with Gasteiger partial charge in [-0.15, -0.1) is 0 Å². The van der Waals surface area contributed by atoms with E-state index < -0.39 is 0 Å². The van der Waals surface area contributed by atoms with E-state index in [0.29, 0.717) is 17.8 Å². The van der Waals surface area contributed by atoms with Crippen LogP contribution >= 0.6 is 0 Å². The third kappa shape index (κ3) is 1.76. The molecule has 3 N–H and O–H groups in total. The molecule has 2 aliphatic heterocycles. The van der Waals surface area contributed by atoms with Gasteiger partial charge in [0, 0.05) is 19.5 Å². The van der Waals surface area contributed by atoms with Gasteiger partial charge in [0.2, 0.25) is 0 Å². The highest BCUT2D eigenvalue weighted by Gasteiger charge is 2.32. The predicted octanol–water partition coefficient (Wildman–Crippen LogP) is 0.277. The molecule has 1 aromatic rings. The third-order valence-corrected chi connectivity index (χ3v) is 3.16. The molecule has 84 valence electrons. The van der Waals surface area contributed by atoms with Crippen LogP contribution in [0.1, 0.15) is 5.56 Å². The summed E-state index contributed by atoms with van der Waals surface area (Å²) in [6.45, 7) is 1.99. The summed E-state index contributed by atoms with van der Waals surface area (Å²) in [6, 6.07) is 8.19. The molecule has 2 atom stereocenters. The number of phenolic OH excluding ortho intramolecular Hbond substituents is 1. The minimum atomic E-state index is 0.311. The number of aliphatic imine (C=N–C) groups is 1. The average Bonchev–Trinajstić information content (AvgIpc) is 2.81. The largest absolute Gasteiger partial charge is 0.508 e. The lowest BCUT2D eigenvalue weighted by molar-refractivity contribution is 0.475. The van der Waals surface area contributed by atoms with Gasteiger partial charge in [0.25, 0.3) is 0 Å². The van der Waals surface area contributed by atoms with Crippen molar-refractivity contribution in [2.24, 2.45) is 4.99 Å². The number of fused-ring (bicyclic) bond motifs is 1. The Bertz CT molecular complexity index is 413. The third-order valence-electron chi connectivity index (χ3n) is 3.16. The monoisotopic (exact) mass is 217 g/mol. The number of nitrogens with zero attached hydrogens (tertiary/aromatic N) is 1. The fraction of sp³-hybridized carbons (Fsp3) is 0.417. The van der Waals surface area contributed by atoms with E-state index in [0.717, 1.165) is 25.3 Å². The molecular weight excluding hydrogens is 202 g/mol. The number of benzene rings is 1. The first-order chi connectivity index (χ1) is 7.81. The van der Waals surface area contributed by atoms with Crippen molar-refractivity contribution in [3.05, 3.63) is 29.8 Å². The second-order valence-electron chi connectivity index (χ2n) is 4.40. The molecule has 2 unspecified atom stereocenters. The minimum Gasteiger partial charge on any atom is -0.508 e. The molecule has 1 fully saturated rings. The van der Waals surface area contributed by atoms with Gasteiger partial charge in [-0.3, -0.25) is 4.99 Å². The zero-order chi connectivity index (χ0) is 11.0. The van der Waals surface area contributed by atoms with Crippen LogP contribution in [0.2, 0.25) is 0 Å². The van der Waals surface area contributed by atoms with Gasteiger partial charge in [-0.1, -0.05) is 12.1 Å². The number of phenols is 1. The number of amidine groups is 1. The smallest absolute Gasteiger partial charge is 0.115 e. The molecule has 2 aliphatic rings. The van der Waals surface area contributed by atoms with E-state index >= 15 is 0 Å². The summed E-state index contributed by atoms with van der Waals surface area (Å²) < 4.78 is 0. The molecule has 1 saturated heterocycles. The van der Waals surface area contributed by atoms with Gasteiger partial charge in [-0.05, 0) is 17.7 Å². The standard InChI is InChI=1S/C12H15N3O/c16-9-3-1-8(2-4-9)5-12-14-10-6-13-7-11(10)15-12/h1-4,10-11,13,16H,5-7H2,(H,14,15). The van der Waals surface area contributed by atoms with Gasteiger partial charge in [-0.25, -0.2) is 0 Å². The summed E-state index contributed by atoms with van der Waals surface area (Å²) >= 11 is 0. The van der Waals surface area contributed by atoms with Gasteiger partial charge < -0.3 is 15.7 Å². The van der Waals surface area contributed by atoms with Gasteiger partial charge in [0.05, 0.1) is 12.1 Å². The van der Waals surface area contributed by atoms with Gasteiger partial charge in [0.1, 0.15) is 11.6 Å². The maximum Gasteiger partial charge on any atom is 0.115 e. The molecule has 2 heterocycles. The van der Waals surface area contributed by atoms with E-state index in [1.165, 1.54) is 5.56 Å². The number of nitrogens with one attached hydrogen (secondary N) is 2. The van der Waals surface area contributed by atoms with E-state index in [1.807, 2.05) is 12.1 Å². The predicted molar refractivity (Wildman–Crippen MR) is 62.8 cm³/mol. The molecule has 3 rings (SSSR count). The van der Waals surface area contributed by atoms with Crippen molar-refractivity contribution in [1.29, 1.82) is 0 Å². The first-order valence-corrected chi connectivity index (χ1v) is 5.63. The number of aromatic hydroxyl groups is 1. The van der Waals surface area contributed by atoms with Crippen LogP contribution in [0.3, 0.4) is 0 Å². The second kappa shape index (κ2) is 3.79. The van der Waals surface area contributed by atoms with Gasteiger partial charge >= 0.3 is 0 Å². The van der Waals surface area contributed by atoms with Gasteiger partial charge in [-0.2, -0.15) is 0 Å². The molecule has 0 radical (unpaired) electrons. The zero-order valence-corrected chi connectivity index (χ0v) is 8.98. The number of hydrogen-bond acceptors (Lipinski definition) is 4. The molecule has 4 nitrogen and oxygen atoms in total. The molecule has 16 heavy (non-hydrogen) atoms. The summed E-state index contributed by atoms with van der Waals surface area (Å²) in [7, 11) is 0. The van der Waals surface area contributed by atoms with Crippen LogP contribution in [0.25, 0.3) is 0 Å². The molecule has 0 saturated carbocycles. The van der Waals surface area contributed by atoms with Gasteiger partial charge in [0.15, 0.2) is 0 Å². The lowest BCUT2D eigenvalue weighted by Gasteiger charge is -2.08. The maximum atomic E-state index is 9.19. The van der Waals surface area contributed by atoms with Crippen LogP contribution < -0.4 is 10.6 Å². The van der Waals surface area contributed by atoms with Crippen LogP contribution in [0.4, 0.5) is 0 Å². The topological polar surface area (TPSA) is 56.7 Å². The SMILES string of the molecule is Oc1ccc(CC2=NC3CNCC3N2)cc1. The molecule has 0 aromatic heterocycles. The Balaban J connectivity index is 1.69. The van der Waals surface area contributed by atoms with Crippen molar-refractivity contribution in [2.75, 3.05) is 13.1 Å². The van der Waals surface area contributed by atoms with Crippen LogP contribution in [0, 0.1) is 0 Å². The average molecular weight is 217 g/mol. The summed E-state index contributed by atoms with van der Waals surface area (Å²) in [5.74, 6) is 1.38. The Morgan fingerprint density at radius 1 is 1.25 bits per heavy atom. The highest BCUT2D eigenvalue weighted by atomic mass is 16.3. The van der Waals surface area contributed by atoms with E-state index in [1.54, 1.807) is 12.1 Å². The Kier molecular flexibility index (Phi) is 2.29. The van der Waals surface area contributed by atoms with Crippen molar-refractivity contribution in [3.63, 3.8) is 0 Å². The molecule has 0 spiro atoms. The molecule has 1 aromatic carbocycles. The normalized spacial score (nSPS) is 27.4. The molecule has 0 bridgehead atoms. The number of rotatable bonds is 2. The van der Waals surface area contributed by atoms with E-state index in [-0.39, 0.29) is 0 Å². The zero-order valence-electron chi connectivity index (χ0n) is 8.98. The Morgan fingerprint density at radius 3 is 2.81 bits per heavy atom. The first-order valence-electron chi connectivity index (χ1n) is 5.63. The van der Waals surface area contributed by atoms with Crippen molar-refractivity contribution in [2.45, 2.75) is 18.5 Å². The van der Waals surface area contributed by atoms with Crippen molar-refractivity contribution < 1.29 is 5.11 Å². The van der Waals surface area contributed by atoms with Crippen LogP contribution in [0.5, 0.6) is 5.75 Å². The number of hydrogen-bond donors (Lipinski definition) is 3. The molecule has 0 amide bonds. The minimum absolute atomic E-state index is 0.311. The summed E-state index contributed by atoms with van der Waals surface area (Å²) in [4.78, 5) is 4.65. The first kappa shape index (κ1) is 9.66. The van der Waals surface area contributed by atoms with Crippen molar-refractivity contribution >= 4 is 5.84 Å². The van der Waals surface area contributed by atoms with Crippen molar-refractivity contribution in [1.82, 2.24) is 10.6 Å². The fourth-order valence-corrected chi connectivity index (χ4v) is 2.30. The van der Waals surface area contributed by atoms with Crippen LogP contribution in [-0.2, 0) is 6.42 Å². The highest BCUT2D eigenvalue weighted by molar-refractivity contribution is 5.86. The van der Waals surface area contributed by atoms with Crippen molar-refractivity contribution in [3.8, 4) is 5.75 Å². The lowest BCUT2D eigenvalue weighted by Crippen LogP contribution is -2.35.